The van der Waals surface area contributed by atoms with Crippen molar-refractivity contribution in [3.63, 3.8) is 0 Å². The van der Waals surface area contributed by atoms with Gasteiger partial charge >= 0.3 is 0 Å². The Labute approximate surface area is 123 Å². The molecule has 1 unspecified atom stereocenters. The van der Waals surface area contributed by atoms with Gasteiger partial charge in [0.15, 0.2) is 12.4 Å². The van der Waals surface area contributed by atoms with Gasteiger partial charge in [0.25, 0.3) is 5.91 Å². The summed E-state index contributed by atoms with van der Waals surface area (Å²) in [6, 6.07) is 0.401. The second-order valence-electron chi connectivity index (χ2n) is 5.87. The van der Waals surface area contributed by atoms with E-state index in [9.17, 15) is 25.2 Å². The Balaban J connectivity index is 1.97. The van der Waals surface area contributed by atoms with Crippen LogP contribution >= 0.6 is 0 Å². The minimum atomic E-state index is -1.69. The maximum Gasteiger partial charge on any atom is 0.254 e. The van der Waals surface area contributed by atoms with E-state index in [0.29, 0.717) is 19.1 Å². The highest BCUT2D eigenvalue weighted by Gasteiger charge is 2.47. The van der Waals surface area contributed by atoms with Crippen LogP contribution in [0.15, 0.2) is 0 Å². The molecule has 0 radical (unpaired) electrons. The summed E-state index contributed by atoms with van der Waals surface area (Å²) in [5.41, 5.74) is 0. The monoisotopic (exact) mass is 304 g/mol. The molecule has 5 atom stereocenters. The molecule has 0 spiro atoms. The third-order valence-electron chi connectivity index (χ3n) is 4.19. The van der Waals surface area contributed by atoms with Gasteiger partial charge in [-0.3, -0.25) is 9.69 Å². The van der Waals surface area contributed by atoms with E-state index in [-0.39, 0.29) is 0 Å². The number of carbonyl (C=O) groups is 1. The topological polar surface area (TPSA) is 114 Å². The summed E-state index contributed by atoms with van der Waals surface area (Å²) in [4.78, 5) is 16.1. The van der Waals surface area contributed by atoms with Gasteiger partial charge in [0.2, 0.25) is 0 Å². The summed E-state index contributed by atoms with van der Waals surface area (Å²) in [5.74, 6) is -0.476. The molecular weight excluding hydrogens is 280 g/mol. The molecule has 0 aromatic heterocycles. The molecule has 4 N–H and O–H groups in total. The van der Waals surface area contributed by atoms with Crippen LogP contribution in [0.2, 0.25) is 0 Å². The molecular formula is C13H24N2O6. The molecule has 122 valence electrons. The van der Waals surface area contributed by atoms with Crippen LogP contribution in [-0.2, 0) is 9.53 Å². The SMILES string of the molecule is CC(C)N1CCN(C(=O)[C@H]2OC(O)[C@H](O)[C@@H](O)[C@@H]2O)CC1. The number of aliphatic hydroxyl groups excluding tert-OH is 4. The summed E-state index contributed by atoms with van der Waals surface area (Å²) in [7, 11) is 0. The van der Waals surface area contributed by atoms with Gasteiger partial charge in [-0.15, -0.1) is 0 Å². The molecule has 0 aromatic rings. The average molecular weight is 304 g/mol. The van der Waals surface area contributed by atoms with Gasteiger partial charge in [-0.1, -0.05) is 0 Å². The molecule has 2 aliphatic heterocycles. The van der Waals surface area contributed by atoms with Crippen molar-refractivity contribution in [2.75, 3.05) is 26.2 Å². The lowest BCUT2D eigenvalue weighted by atomic mass is 9.98. The number of amides is 1. The molecule has 8 heteroatoms. The van der Waals surface area contributed by atoms with Gasteiger partial charge in [0.1, 0.15) is 18.3 Å². The molecule has 0 aliphatic carbocycles. The van der Waals surface area contributed by atoms with Gasteiger partial charge < -0.3 is 30.1 Å². The van der Waals surface area contributed by atoms with Gasteiger partial charge in [0, 0.05) is 32.2 Å². The third kappa shape index (κ3) is 3.36. The van der Waals surface area contributed by atoms with E-state index in [1.165, 1.54) is 0 Å². The number of ether oxygens (including phenoxy) is 1. The minimum absolute atomic E-state index is 0.401. The normalized spacial score (nSPS) is 38.8. The van der Waals surface area contributed by atoms with E-state index < -0.39 is 36.6 Å². The molecule has 2 aliphatic rings. The first-order valence-corrected chi connectivity index (χ1v) is 7.23. The minimum Gasteiger partial charge on any atom is -0.387 e. The molecule has 0 aromatic carbocycles. The van der Waals surface area contributed by atoms with Crippen molar-refractivity contribution in [3.8, 4) is 0 Å². The van der Waals surface area contributed by atoms with Crippen LogP contribution in [-0.4, -0.2) is 99.1 Å². The Morgan fingerprint density at radius 3 is 2.10 bits per heavy atom. The Morgan fingerprint density at radius 2 is 1.57 bits per heavy atom. The fraction of sp³-hybridized carbons (Fsp3) is 0.923. The van der Waals surface area contributed by atoms with Crippen LogP contribution in [0, 0.1) is 0 Å². The Bertz CT molecular complexity index is 372. The maximum atomic E-state index is 12.4. The summed E-state index contributed by atoms with van der Waals surface area (Å²) in [6.45, 7) is 6.61. The van der Waals surface area contributed by atoms with E-state index in [1.807, 2.05) is 0 Å². The molecule has 2 rings (SSSR count). The lowest BCUT2D eigenvalue weighted by molar-refractivity contribution is -0.278. The van der Waals surface area contributed by atoms with Crippen LogP contribution in [0.5, 0.6) is 0 Å². The predicted molar refractivity (Wildman–Crippen MR) is 72.2 cm³/mol. The summed E-state index contributed by atoms with van der Waals surface area (Å²) < 4.78 is 4.96. The third-order valence-corrected chi connectivity index (χ3v) is 4.19. The number of hydrogen-bond acceptors (Lipinski definition) is 7. The van der Waals surface area contributed by atoms with E-state index in [4.69, 9.17) is 4.74 Å². The number of carbonyl (C=O) groups excluding carboxylic acids is 1. The van der Waals surface area contributed by atoms with Crippen LogP contribution in [0.4, 0.5) is 0 Å². The number of rotatable bonds is 2. The van der Waals surface area contributed by atoms with Crippen LogP contribution in [0.1, 0.15) is 13.8 Å². The second kappa shape index (κ2) is 6.55. The largest absolute Gasteiger partial charge is 0.387 e. The fourth-order valence-electron chi connectivity index (χ4n) is 2.70. The standard InChI is InChI=1S/C13H24N2O6/c1-7(2)14-3-5-15(6-4-14)12(19)11-9(17)8(16)10(18)13(20)21-11/h7-11,13,16-18,20H,3-6H2,1-2H3/t8-,9-,10+,11-,13?/m0/s1. The Hall–Kier alpha value is -0.770. The zero-order valence-electron chi connectivity index (χ0n) is 12.3. The molecule has 2 heterocycles. The van der Waals surface area contributed by atoms with Crippen LogP contribution in [0.3, 0.4) is 0 Å². The lowest BCUT2D eigenvalue weighted by Gasteiger charge is -2.42. The number of piperazine rings is 1. The predicted octanol–water partition coefficient (Wildman–Crippen LogP) is -2.66. The molecule has 1 amide bonds. The molecule has 8 nitrogen and oxygen atoms in total. The van der Waals surface area contributed by atoms with Crippen molar-refractivity contribution >= 4 is 5.91 Å². The second-order valence-corrected chi connectivity index (χ2v) is 5.87. The average Bonchev–Trinajstić information content (AvgIpc) is 2.48. The van der Waals surface area contributed by atoms with Crippen LogP contribution < -0.4 is 0 Å². The highest BCUT2D eigenvalue weighted by molar-refractivity contribution is 5.82. The summed E-state index contributed by atoms with van der Waals surface area (Å²) in [5, 5.41) is 38.4. The number of hydrogen-bond donors (Lipinski definition) is 4. The molecule has 0 bridgehead atoms. The lowest BCUT2D eigenvalue weighted by Crippen LogP contribution is -2.63. The Kier molecular flexibility index (Phi) is 5.18. The number of nitrogens with zero attached hydrogens (tertiary/aromatic N) is 2. The Morgan fingerprint density at radius 1 is 1.00 bits per heavy atom. The first-order valence-electron chi connectivity index (χ1n) is 7.23. The van der Waals surface area contributed by atoms with Gasteiger partial charge in [0.05, 0.1) is 0 Å². The highest BCUT2D eigenvalue weighted by Crippen LogP contribution is 2.22. The van der Waals surface area contributed by atoms with Crippen molar-refractivity contribution in [2.24, 2.45) is 0 Å². The van der Waals surface area contributed by atoms with E-state index in [2.05, 4.69) is 18.7 Å². The highest BCUT2D eigenvalue weighted by atomic mass is 16.6. The van der Waals surface area contributed by atoms with Crippen molar-refractivity contribution in [3.05, 3.63) is 0 Å². The number of aliphatic hydroxyl groups is 4. The van der Waals surface area contributed by atoms with Crippen molar-refractivity contribution < 1.29 is 30.0 Å². The van der Waals surface area contributed by atoms with E-state index in [1.54, 1.807) is 4.90 Å². The molecule has 21 heavy (non-hydrogen) atoms. The van der Waals surface area contributed by atoms with Gasteiger partial charge in [-0.05, 0) is 13.8 Å². The zero-order valence-corrected chi connectivity index (χ0v) is 12.3. The zero-order chi connectivity index (χ0) is 15.7. The smallest absolute Gasteiger partial charge is 0.254 e. The quantitative estimate of drug-likeness (QED) is 0.440. The van der Waals surface area contributed by atoms with E-state index in [0.717, 1.165) is 13.1 Å². The van der Waals surface area contributed by atoms with Crippen molar-refractivity contribution in [1.29, 1.82) is 0 Å². The van der Waals surface area contributed by atoms with Crippen molar-refractivity contribution in [1.82, 2.24) is 9.80 Å². The molecule has 0 saturated carbocycles. The fourth-order valence-corrected chi connectivity index (χ4v) is 2.70. The molecule has 2 saturated heterocycles. The first kappa shape index (κ1) is 16.6. The maximum absolute atomic E-state index is 12.4. The molecule has 2 fully saturated rings. The first-order chi connectivity index (χ1) is 9.82. The van der Waals surface area contributed by atoms with Crippen molar-refractivity contribution in [2.45, 2.75) is 50.6 Å². The summed E-state index contributed by atoms with van der Waals surface area (Å²) >= 11 is 0. The van der Waals surface area contributed by atoms with Gasteiger partial charge in [-0.2, -0.15) is 0 Å². The van der Waals surface area contributed by atoms with Crippen LogP contribution in [0.25, 0.3) is 0 Å². The summed E-state index contributed by atoms with van der Waals surface area (Å²) in [6.07, 6.45) is -7.83. The van der Waals surface area contributed by atoms with Gasteiger partial charge in [-0.25, -0.2) is 0 Å². The van der Waals surface area contributed by atoms with E-state index >= 15 is 0 Å².